The molecule has 7 heteroatoms. The Bertz CT molecular complexity index is 471. The van der Waals surface area contributed by atoms with Crippen molar-refractivity contribution < 1.29 is 9.47 Å². The average Bonchev–Trinajstić information content (AvgIpc) is 2.84. The Morgan fingerprint density at radius 3 is 2.65 bits per heavy atom. The third-order valence-electron chi connectivity index (χ3n) is 2.12. The van der Waals surface area contributed by atoms with Gasteiger partial charge in [0.15, 0.2) is 5.00 Å². The quantitative estimate of drug-likeness (QED) is 0.618. The number of hydrazine groups is 1. The lowest BCUT2D eigenvalue weighted by atomic mass is 10.3. The van der Waals surface area contributed by atoms with Crippen LogP contribution in [0, 0.1) is 0 Å². The maximum absolute atomic E-state index is 5.55. The number of nitrogens with zero attached hydrogens (tertiary/aromatic N) is 2. The fourth-order valence-electron chi connectivity index (χ4n) is 1.24. The van der Waals surface area contributed by atoms with Crippen LogP contribution >= 0.6 is 11.5 Å². The van der Waals surface area contributed by atoms with Gasteiger partial charge < -0.3 is 14.9 Å². The van der Waals surface area contributed by atoms with Crippen LogP contribution in [0.15, 0.2) is 24.3 Å². The number of methoxy groups -OCH3 is 1. The Balaban J connectivity index is 1.97. The highest BCUT2D eigenvalue weighted by molar-refractivity contribution is 7.10. The van der Waals surface area contributed by atoms with Gasteiger partial charge in [0.25, 0.3) is 0 Å². The Morgan fingerprint density at radius 1 is 1.29 bits per heavy atom. The second-order valence-corrected chi connectivity index (χ2v) is 3.91. The average molecular weight is 252 g/mol. The van der Waals surface area contributed by atoms with Gasteiger partial charge in [-0.2, -0.15) is 0 Å². The van der Waals surface area contributed by atoms with E-state index in [9.17, 15) is 0 Å². The van der Waals surface area contributed by atoms with Gasteiger partial charge in [0, 0.05) is 11.5 Å². The van der Waals surface area contributed by atoms with Crippen LogP contribution in [0.5, 0.6) is 11.5 Å². The van der Waals surface area contributed by atoms with Crippen LogP contribution in [0.4, 0.5) is 5.00 Å². The predicted octanol–water partition coefficient (Wildman–Crippen LogP) is 1.41. The summed E-state index contributed by atoms with van der Waals surface area (Å²) in [5, 5.41) is 4.62. The van der Waals surface area contributed by atoms with Gasteiger partial charge in [0.2, 0.25) is 0 Å². The van der Waals surface area contributed by atoms with Gasteiger partial charge in [-0.05, 0) is 24.3 Å². The maximum atomic E-state index is 5.55. The molecular formula is C10H12N4O2S. The molecule has 0 amide bonds. The molecule has 0 saturated heterocycles. The van der Waals surface area contributed by atoms with Gasteiger partial charge >= 0.3 is 0 Å². The predicted molar refractivity (Wildman–Crippen MR) is 65.0 cm³/mol. The van der Waals surface area contributed by atoms with Crippen LogP contribution in [0.25, 0.3) is 0 Å². The minimum atomic E-state index is 0.322. The zero-order valence-electron chi connectivity index (χ0n) is 9.21. The van der Waals surface area contributed by atoms with Crippen LogP contribution < -0.4 is 20.7 Å². The third-order valence-corrected chi connectivity index (χ3v) is 2.82. The summed E-state index contributed by atoms with van der Waals surface area (Å²) in [4.78, 5) is 0. The summed E-state index contributed by atoms with van der Waals surface area (Å²) in [5.74, 6) is 6.84. The summed E-state index contributed by atoms with van der Waals surface area (Å²) in [6.07, 6.45) is 0. The molecule has 0 aliphatic rings. The van der Waals surface area contributed by atoms with Crippen molar-refractivity contribution in [1.82, 2.24) is 9.59 Å². The number of benzene rings is 1. The summed E-state index contributed by atoms with van der Waals surface area (Å²) in [5.41, 5.74) is 3.21. The van der Waals surface area contributed by atoms with Crippen molar-refractivity contribution in [2.75, 3.05) is 12.5 Å². The lowest BCUT2D eigenvalue weighted by molar-refractivity contribution is 0.301. The first-order valence-corrected chi connectivity index (χ1v) is 5.65. The van der Waals surface area contributed by atoms with E-state index in [4.69, 9.17) is 15.3 Å². The van der Waals surface area contributed by atoms with Crippen LogP contribution in [-0.4, -0.2) is 16.7 Å². The molecule has 0 fully saturated rings. The van der Waals surface area contributed by atoms with E-state index in [0.29, 0.717) is 17.3 Å². The van der Waals surface area contributed by atoms with E-state index in [2.05, 4.69) is 15.0 Å². The van der Waals surface area contributed by atoms with Crippen molar-refractivity contribution in [3.05, 3.63) is 30.0 Å². The molecule has 0 saturated carbocycles. The molecule has 1 aromatic carbocycles. The SMILES string of the molecule is COc1ccc(OCc2nnsc2NN)cc1. The third kappa shape index (κ3) is 2.83. The minimum Gasteiger partial charge on any atom is -0.497 e. The van der Waals surface area contributed by atoms with Gasteiger partial charge in [0.05, 0.1) is 7.11 Å². The van der Waals surface area contributed by atoms with E-state index in [-0.39, 0.29) is 0 Å². The van der Waals surface area contributed by atoms with Crippen molar-refractivity contribution in [3.8, 4) is 11.5 Å². The number of nitrogens with two attached hydrogens (primary N) is 1. The minimum absolute atomic E-state index is 0.322. The number of hydrogen-bond donors (Lipinski definition) is 2. The summed E-state index contributed by atoms with van der Waals surface area (Å²) >= 11 is 1.19. The van der Waals surface area contributed by atoms with Gasteiger partial charge in [-0.3, -0.25) is 0 Å². The molecule has 2 rings (SSSR count). The zero-order chi connectivity index (χ0) is 12.1. The molecule has 0 atom stereocenters. The van der Waals surface area contributed by atoms with Crippen molar-refractivity contribution in [2.24, 2.45) is 5.84 Å². The number of aromatic nitrogens is 2. The van der Waals surface area contributed by atoms with Crippen molar-refractivity contribution in [2.45, 2.75) is 6.61 Å². The Morgan fingerprint density at radius 2 is 2.00 bits per heavy atom. The summed E-state index contributed by atoms with van der Waals surface area (Å²) in [6, 6.07) is 7.32. The first-order chi connectivity index (χ1) is 8.33. The largest absolute Gasteiger partial charge is 0.497 e. The highest BCUT2D eigenvalue weighted by atomic mass is 32.1. The molecule has 0 aliphatic carbocycles. The molecule has 3 N–H and O–H groups in total. The lowest BCUT2D eigenvalue weighted by Gasteiger charge is -2.06. The number of rotatable bonds is 5. The topological polar surface area (TPSA) is 82.3 Å². The van der Waals surface area contributed by atoms with Crippen LogP contribution in [-0.2, 0) is 6.61 Å². The van der Waals surface area contributed by atoms with Crippen molar-refractivity contribution >= 4 is 16.5 Å². The van der Waals surface area contributed by atoms with Crippen molar-refractivity contribution in [3.63, 3.8) is 0 Å². The molecule has 0 unspecified atom stereocenters. The number of nitrogens with one attached hydrogen (secondary N) is 1. The molecule has 1 aromatic heterocycles. The van der Waals surface area contributed by atoms with Crippen LogP contribution in [0.3, 0.4) is 0 Å². The summed E-state index contributed by atoms with van der Waals surface area (Å²) < 4.78 is 14.4. The van der Waals surface area contributed by atoms with Gasteiger partial charge in [-0.1, -0.05) is 4.49 Å². The molecule has 0 radical (unpaired) electrons. The zero-order valence-corrected chi connectivity index (χ0v) is 10.0. The first-order valence-electron chi connectivity index (χ1n) is 4.88. The second kappa shape index (κ2) is 5.46. The molecule has 2 aromatic rings. The summed E-state index contributed by atoms with van der Waals surface area (Å²) in [7, 11) is 1.62. The second-order valence-electron chi connectivity index (χ2n) is 3.16. The molecule has 90 valence electrons. The Kier molecular flexibility index (Phi) is 3.73. The smallest absolute Gasteiger partial charge is 0.150 e. The fraction of sp³-hybridized carbons (Fsp3) is 0.200. The van der Waals surface area contributed by atoms with Gasteiger partial charge in [-0.25, -0.2) is 5.84 Å². The highest BCUT2D eigenvalue weighted by Crippen LogP contribution is 2.21. The van der Waals surface area contributed by atoms with Gasteiger partial charge in [-0.15, -0.1) is 5.10 Å². The number of ether oxygens (including phenoxy) is 2. The number of anilines is 1. The summed E-state index contributed by atoms with van der Waals surface area (Å²) in [6.45, 7) is 0.322. The van der Waals surface area contributed by atoms with Gasteiger partial charge in [0.1, 0.15) is 23.8 Å². The van der Waals surface area contributed by atoms with E-state index in [1.54, 1.807) is 7.11 Å². The Hall–Kier alpha value is -1.86. The van der Waals surface area contributed by atoms with E-state index < -0.39 is 0 Å². The molecule has 0 spiro atoms. The standard InChI is InChI=1S/C10H12N4O2S/c1-15-7-2-4-8(5-3-7)16-6-9-10(12-11)17-14-13-9/h2-5,12H,6,11H2,1H3. The monoisotopic (exact) mass is 252 g/mol. The molecule has 1 heterocycles. The van der Waals surface area contributed by atoms with E-state index >= 15 is 0 Å². The first kappa shape index (κ1) is 11.6. The highest BCUT2D eigenvalue weighted by Gasteiger charge is 2.07. The number of nitrogen functional groups attached to an aromatic ring is 1. The molecule has 0 bridgehead atoms. The normalized spacial score (nSPS) is 10.0. The maximum Gasteiger partial charge on any atom is 0.150 e. The number of hydrogen-bond acceptors (Lipinski definition) is 7. The van der Waals surface area contributed by atoms with Crippen LogP contribution in [0.1, 0.15) is 5.69 Å². The fourth-order valence-corrected chi connectivity index (χ4v) is 1.72. The molecule has 17 heavy (non-hydrogen) atoms. The molecule has 6 nitrogen and oxygen atoms in total. The Labute approximate surface area is 102 Å². The molecule has 0 aliphatic heterocycles. The van der Waals surface area contributed by atoms with Crippen molar-refractivity contribution in [1.29, 1.82) is 0 Å². The van der Waals surface area contributed by atoms with E-state index in [1.807, 2.05) is 24.3 Å². The van der Waals surface area contributed by atoms with Crippen LogP contribution in [0.2, 0.25) is 0 Å². The molecular weight excluding hydrogens is 240 g/mol. The lowest BCUT2D eigenvalue weighted by Crippen LogP contribution is -2.08. The van der Waals surface area contributed by atoms with E-state index in [0.717, 1.165) is 11.5 Å². The van der Waals surface area contributed by atoms with E-state index in [1.165, 1.54) is 11.5 Å².